The van der Waals surface area contributed by atoms with Crippen molar-refractivity contribution < 1.29 is 13.2 Å². The Kier molecular flexibility index (Phi) is 7.95. The van der Waals surface area contributed by atoms with Crippen LogP contribution in [-0.4, -0.2) is 27.1 Å². The highest BCUT2D eigenvalue weighted by Crippen LogP contribution is 2.12. The number of benzene rings is 1. The number of aryl methyl sites for hydroxylation is 1. The van der Waals surface area contributed by atoms with Gasteiger partial charge in [-0.2, -0.15) is 0 Å². The number of rotatable bonds is 10. The van der Waals surface area contributed by atoms with Gasteiger partial charge >= 0.3 is 0 Å². The minimum atomic E-state index is -3.25. The Balaban J connectivity index is 2.28. The number of amides is 1. The summed E-state index contributed by atoms with van der Waals surface area (Å²) >= 11 is 0. The molecular formula is C16H26N2O3S. The summed E-state index contributed by atoms with van der Waals surface area (Å²) < 4.78 is 24.6. The van der Waals surface area contributed by atoms with Gasteiger partial charge in [-0.25, -0.2) is 8.42 Å². The third-order valence-corrected chi connectivity index (χ3v) is 3.86. The quantitative estimate of drug-likeness (QED) is 0.649. The molecule has 0 atom stereocenters. The van der Waals surface area contributed by atoms with Crippen LogP contribution in [0.4, 0.5) is 5.69 Å². The molecule has 0 spiro atoms. The van der Waals surface area contributed by atoms with Crippen LogP contribution in [0.15, 0.2) is 24.3 Å². The summed E-state index contributed by atoms with van der Waals surface area (Å²) in [7, 11) is -3.25. The zero-order valence-electron chi connectivity index (χ0n) is 13.4. The Labute approximate surface area is 133 Å². The van der Waals surface area contributed by atoms with Gasteiger partial charge in [0.1, 0.15) is 0 Å². The fourth-order valence-electron chi connectivity index (χ4n) is 2.08. The molecule has 5 nitrogen and oxygen atoms in total. The predicted octanol–water partition coefficient (Wildman–Crippen LogP) is 2.69. The van der Waals surface area contributed by atoms with Crippen LogP contribution in [0.2, 0.25) is 0 Å². The molecule has 0 saturated heterocycles. The molecule has 0 saturated carbocycles. The molecule has 0 unspecified atom stereocenters. The third-order valence-electron chi connectivity index (χ3n) is 3.25. The van der Waals surface area contributed by atoms with Gasteiger partial charge in [0.2, 0.25) is 15.9 Å². The zero-order valence-corrected chi connectivity index (χ0v) is 14.2. The lowest BCUT2D eigenvalue weighted by Gasteiger charge is -2.07. The summed E-state index contributed by atoms with van der Waals surface area (Å²) in [6.45, 7) is 2.91. The topological polar surface area (TPSA) is 75.3 Å². The number of sulfonamides is 1. The fraction of sp³-hybridized carbons (Fsp3) is 0.562. The van der Waals surface area contributed by atoms with E-state index in [1.165, 1.54) is 12.8 Å². The van der Waals surface area contributed by atoms with E-state index in [4.69, 9.17) is 0 Å². The number of anilines is 1. The highest BCUT2D eigenvalue weighted by Gasteiger charge is 2.04. The van der Waals surface area contributed by atoms with E-state index in [1.807, 2.05) is 12.1 Å². The van der Waals surface area contributed by atoms with E-state index in [1.54, 1.807) is 12.1 Å². The molecule has 22 heavy (non-hydrogen) atoms. The first-order chi connectivity index (χ1) is 10.4. The Morgan fingerprint density at radius 2 is 1.77 bits per heavy atom. The standard InChI is InChI=1S/C16H26N2O3S/c1-3-4-5-6-13-17-16(19)12-9-14-7-10-15(11-8-14)18-22(2,20)21/h7-8,10-11,18H,3-6,9,12-13H2,1-2H3,(H,17,19). The van der Waals surface area contributed by atoms with Crippen molar-refractivity contribution in [2.24, 2.45) is 0 Å². The molecule has 1 amide bonds. The fourth-order valence-corrected chi connectivity index (χ4v) is 2.64. The molecule has 0 bridgehead atoms. The molecule has 0 radical (unpaired) electrons. The largest absolute Gasteiger partial charge is 0.356 e. The van der Waals surface area contributed by atoms with E-state index < -0.39 is 10.0 Å². The van der Waals surface area contributed by atoms with Crippen LogP contribution < -0.4 is 10.0 Å². The lowest BCUT2D eigenvalue weighted by Crippen LogP contribution is -2.24. The number of nitrogens with one attached hydrogen (secondary N) is 2. The van der Waals surface area contributed by atoms with Gasteiger partial charge in [-0.3, -0.25) is 9.52 Å². The average Bonchev–Trinajstić information content (AvgIpc) is 2.45. The maximum atomic E-state index is 11.7. The molecule has 0 aliphatic rings. The summed E-state index contributed by atoms with van der Waals surface area (Å²) in [6, 6.07) is 7.09. The number of hydrogen-bond donors (Lipinski definition) is 2. The number of hydrogen-bond acceptors (Lipinski definition) is 3. The monoisotopic (exact) mass is 326 g/mol. The van der Waals surface area contributed by atoms with Crippen LogP contribution in [-0.2, 0) is 21.2 Å². The van der Waals surface area contributed by atoms with Crippen molar-refractivity contribution in [1.82, 2.24) is 5.32 Å². The molecule has 0 aromatic heterocycles. The van der Waals surface area contributed by atoms with Crippen molar-refractivity contribution in [1.29, 1.82) is 0 Å². The Morgan fingerprint density at radius 3 is 2.36 bits per heavy atom. The van der Waals surface area contributed by atoms with Gasteiger partial charge < -0.3 is 5.32 Å². The van der Waals surface area contributed by atoms with Gasteiger partial charge in [0.25, 0.3) is 0 Å². The Hall–Kier alpha value is -1.56. The van der Waals surface area contributed by atoms with Crippen LogP contribution in [0.3, 0.4) is 0 Å². The molecule has 6 heteroatoms. The maximum absolute atomic E-state index is 11.7. The van der Waals surface area contributed by atoms with Crippen LogP contribution in [0.5, 0.6) is 0 Å². The molecular weight excluding hydrogens is 300 g/mol. The van der Waals surface area contributed by atoms with Crippen molar-refractivity contribution in [2.45, 2.75) is 45.4 Å². The van der Waals surface area contributed by atoms with Gasteiger partial charge in [-0.15, -0.1) is 0 Å². The highest BCUT2D eigenvalue weighted by molar-refractivity contribution is 7.92. The smallest absolute Gasteiger partial charge is 0.229 e. The second-order valence-corrected chi connectivity index (χ2v) is 7.23. The Bertz CT molecular complexity index is 553. The SMILES string of the molecule is CCCCCCNC(=O)CCc1ccc(NS(C)(=O)=O)cc1. The molecule has 1 rings (SSSR count). The summed E-state index contributed by atoms with van der Waals surface area (Å²) in [5.74, 6) is 0.0647. The normalized spacial score (nSPS) is 11.2. The van der Waals surface area contributed by atoms with Gasteiger partial charge in [-0.1, -0.05) is 38.3 Å². The van der Waals surface area contributed by atoms with E-state index in [0.29, 0.717) is 18.5 Å². The molecule has 124 valence electrons. The zero-order chi connectivity index (χ0) is 16.4. The van der Waals surface area contributed by atoms with Crippen molar-refractivity contribution in [3.05, 3.63) is 29.8 Å². The van der Waals surface area contributed by atoms with Crippen LogP contribution in [0.1, 0.15) is 44.6 Å². The van der Waals surface area contributed by atoms with E-state index in [-0.39, 0.29) is 5.91 Å². The van der Waals surface area contributed by atoms with E-state index in [2.05, 4.69) is 17.0 Å². The van der Waals surface area contributed by atoms with Crippen LogP contribution in [0, 0.1) is 0 Å². The summed E-state index contributed by atoms with van der Waals surface area (Å²) in [5.41, 5.74) is 1.55. The molecule has 1 aromatic carbocycles. The van der Waals surface area contributed by atoms with E-state index >= 15 is 0 Å². The first-order valence-electron chi connectivity index (χ1n) is 7.74. The minimum Gasteiger partial charge on any atom is -0.356 e. The van der Waals surface area contributed by atoms with Gasteiger partial charge in [0, 0.05) is 18.7 Å². The predicted molar refractivity (Wildman–Crippen MR) is 90.4 cm³/mol. The molecule has 2 N–H and O–H groups in total. The Morgan fingerprint density at radius 1 is 1.09 bits per heavy atom. The van der Waals surface area contributed by atoms with Crippen LogP contribution in [0.25, 0.3) is 0 Å². The van der Waals surface area contributed by atoms with E-state index in [0.717, 1.165) is 31.2 Å². The molecule has 1 aromatic rings. The van der Waals surface area contributed by atoms with E-state index in [9.17, 15) is 13.2 Å². The maximum Gasteiger partial charge on any atom is 0.229 e. The van der Waals surface area contributed by atoms with Crippen LogP contribution >= 0.6 is 0 Å². The van der Waals surface area contributed by atoms with Crippen molar-refractivity contribution in [3.8, 4) is 0 Å². The first-order valence-corrected chi connectivity index (χ1v) is 9.63. The molecule has 0 aliphatic heterocycles. The summed E-state index contributed by atoms with van der Waals surface area (Å²) in [6.07, 6.45) is 6.82. The van der Waals surface area contributed by atoms with Gasteiger partial charge in [-0.05, 0) is 30.5 Å². The second kappa shape index (κ2) is 9.46. The average molecular weight is 326 g/mol. The van der Waals surface area contributed by atoms with Gasteiger partial charge in [0.15, 0.2) is 0 Å². The summed E-state index contributed by atoms with van der Waals surface area (Å²) in [5, 5.41) is 2.92. The molecule has 0 fully saturated rings. The summed E-state index contributed by atoms with van der Waals surface area (Å²) in [4.78, 5) is 11.7. The molecule has 0 aliphatic carbocycles. The highest BCUT2D eigenvalue weighted by atomic mass is 32.2. The van der Waals surface area contributed by atoms with Gasteiger partial charge in [0.05, 0.1) is 6.26 Å². The van der Waals surface area contributed by atoms with Crippen molar-refractivity contribution >= 4 is 21.6 Å². The second-order valence-electron chi connectivity index (χ2n) is 5.48. The minimum absolute atomic E-state index is 0.0647. The number of unbranched alkanes of at least 4 members (excludes halogenated alkanes) is 3. The van der Waals surface area contributed by atoms with Crippen molar-refractivity contribution in [3.63, 3.8) is 0 Å². The lowest BCUT2D eigenvalue weighted by atomic mass is 10.1. The lowest BCUT2D eigenvalue weighted by molar-refractivity contribution is -0.121. The van der Waals surface area contributed by atoms with Crippen molar-refractivity contribution in [2.75, 3.05) is 17.5 Å². The third kappa shape index (κ3) is 8.67. The number of carbonyl (C=O) groups is 1. The number of carbonyl (C=O) groups excluding carboxylic acids is 1. The first kappa shape index (κ1) is 18.5. The molecule has 0 heterocycles.